The number of benzene rings is 1. The van der Waals surface area contributed by atoms with E-state index in [2.05, 4.69) is 67.7 Å². The largest absolute Gasteiger partial charge is 0.383 e. The molecule has 0 fully saturated rings. The van der Waals surface area contributed by atoms with Gasteiger partial charge in [-0.25, -0.2) is 0 Å². The lowest BCUT2D eigenvalue weighted by Gasteiger charge is -2.24. The van der Waals surface area contributed by atoms with Gasteiger partial charge in [0.2, 0.25) is 0 Å². The van der Waals surface area contributed by atoms with Crippen molar-refractivity contribution in [2.75, 3.05) is 47.4 Å². The van der Waals surface area contributed by atoms with E-state index in [4.69, 9.17) is 9.73 Å². The fourth-order valence-electron chi connectivity index (χ4n) is 2.15. The highest BCUT2D eigenvalue weighted by atomic mass is 16.5. The first-order valence-electron chi connectivity index (χ1n) is 7.82. The third-order valence-electron chi connectivity index (χ3n) is 3.45. The summed E-state index contributed by atoms with van der Waals surface area (Å²) in [6.07, 6.45) is 0. The highest BCUT2D eigenvalue weighted by Gasteiger charge is 2.13. The molecule has 0 aliphatic carbocycles. The first-order valence-corrected chi connectivity index (χ1v) is 7.82. The van der Waals surface area contributed by atoms with Crippen molar-refractivity contribution < 1.29 is 4.74 Å². The first kappa shape index (κ1) is 18.5. The molecule has 0 bridgehead atoms. The van der Waals surface area contributed by atoms with Gasteiger partial charge >= 0.3 is 0 Å². The zero-order valence-corrected chi connectivity index (χ0v) is 14.5. The van der Waals surface area contributed by atoms with E-state index in [1.165, 1.54) is 11.1 Å². The monoisotopic (exact) mass is 306 g/mol. The topological polar surface area (TPSA) is 48.9 Å². The second kappa shape index (κ2) is 10.2. The van der Waals surface area contributed by atoms with Gasteiger partial charge in [0.05, 0.1) is 19.2 Å². The van der Waals surface area contributed by atoms with E-state index >= 15 is 0 Å². The Labute approximate surface area is 134 Å². The van der Waals surface area contributed by atoms with Gasteiger partial charge in [-0.05, 0) is 33.5 Å². The minimum atomic E-state index is 0.262. The van der Waals surface area contributed by atoms with E-state index in [1.807, 2.05) is 0 Å². The summed E-state index contributed by atoms with van der Waals surface area (Å²) in [4.78, 5) is 6.90. The summed E-state index contributed by atoms with van der Waals surface area (Å²) in [6, 6.07) is 8.93. The van der Waals surface area contributed by atoms with E-state index in [0.29, 0.717) is 13.2 Å². The Kier molecular flexibility index (Phi) is 8.55. The Balaban J connectivity index is 2.74. The lowest BCUT2D eigenvalue weighted by atomic mass is 10.0. The SMILES string of the molecule is CCNC(=NCC(c1ccc(C)cc1)N(C)C)NCCOC. The molecular formula is C17H30N4O. The third-order valence-corrected chi connectivity index (χ3v) is 3.45. The van der Waals surface area contributed by atoms with E-state index in [9.17, 15) is 0 Å². The average Bonchev–Trinajstić information content (AvgIpc) is 2.49. The summed E-state index contributed by atoms with van der Waals surface area (Å²) in [5.41, 5.74) is 2.56. The van der Waals surface area contributed by atoms with Gasteiger partial charge in [0.25, 0.3) is 0 Å². The summed E-state index contributed by atoms with van der Waals surface area (Å²) in [6.45, 7) is 7.14. The van der Waals surface area contributed by atoms with Crippen LogP contribution in [0.3, 0.4) is 0 Å². The number of ether oxygens (including phenoxy) is 1. The zero-order chi connectivity index (χ0) is 16.4. The van der Waals surface area contributed by atoms with Crippen molar-refractivity contribution in [1.82, 2.24) is 15.5 Å². The lowest BCUT2D eigenvalue weighted by Crippen LogP contribution is -2.39. The van der Waals surface area contributed by atoms with Crippen LogP contribution in [0.2, 0.25) is 0 Å². The smallest absolute Gasteiger partial charge is 0.191 e. The number of methoxy groups -OCH3 is 1. The summed E-state index contributed by atoms with van der Waals surface area (Å²) in [5, 5.41) is 6.53. The van der Waals surface area contributed by atoms with Crippen molar-refractivity contribution in [3.63, 3.8) is 0 Å². The summed E-state index contributed by atoms with van der Waals surface area (Å²) in [7, 11) is 5.88. The number of guanidine groups is 1. The molecule has 0 aliphatic heterocycles. The maximum absolute atomic E-state index is 5.06. The van der Waals surface area contributed by atoms with Gasteiger partial charge in [-0.1, -0.05) is 29.8 Å². The normalized spacial score (nSPS) is 13.3. The predicted octanol–water partition coefficient (Wildman–Crippen LogP) is 1.80. The van der Waals surface area contributed by atoms with Gasteiger partial charge < -0.3 is 20.3 Å². The predicted molar refractivity (Wildman–Crippen MR) is 93.5 cm³/mol. The second-order valence-electron chi connectivity index (χ2n) is 5.53. The Morgan fingerprint density at radius 2 is 1.91 bits per heavy atom. The molecule has 0 saturated heterocycles. The van der Waals surface area contributed by atoms with Crippen LogP contribution in [0.15, 0.2) is 29.3 Å². The molecule has 0 amide bonds. The number of aliphatic imine (C=N–C) groups is 1. The van der Waals surface area contributed by atoms with E-state index < -0.39 is 0 Å². The molecule has 1 rings (SSSR count). The minimum absolute atomic E-state index is 0.262. The Morgan fingerprint density at radius 1 is 1.23 bits per heavy atom. The van der Waals surface area contributed by atoms with Gasteiger partial charge in [0.1, 0.15) is 0 Å². The molecule has 2 N–H and O–H groups in total. The van der Waals surface area contributed by atoms with Crippen LogP contribution in [0.4, 0.5) is 0 Å². The molecule has 0 aliphatic rings. The molecule has 0 heterocycles. The molecule has 0 saturated carbocycles. The van der Waals surface area contributed by atoms with Gasteiger partial charge in [-0.3, -0.25) is 4.99 Å². The quantitative estimate of drug-likeness (QED) is 0.437. The van der Waals surface area contributed by atoms with Gasteiger partial charge in [0, 0.05) is 20.2 Å². The molecule has 0 radical (unpaired) electrons. The third kappa shape index (κ3) is 6.45. The molecule has 5 heteroatoms. The molecular weight excluding hydrogens is 276 g/mol. The molecule has 1 unspecified atom stereocenters. The number of rotatable bonds is 8. The average molecular weight is 306 g/mol. The number of hydrogen-bond donors (Lipinski definition) is 2. The molecule has 1 atom stereocenters. The highest BCUT2D eigenvalue weighted by molar-refractivity contribution is 5.79. The van der Waals surface area contributed by atoms with Crippen LogP contribution in [0, 0.1) is 6.92 Å². The molecule has 5 nitrogen and oxygen atoms in total. The van der Waals surface area contributed by atoms with Crippen LogP contribution in [-0.4, -0.2) is 58.3 Å². The van der Waals surface area contributed by atoms with Crippen LogP contribution >= 0.6 is 0 Å². The standard InChI is InChI=1S/C17H30N4O/c1-6-18-17(19-11-12-22-5)20-13-16(21(3)4)15-9-7-14(2)8-10-15/h7-10,16H,6,11-13H2,1-5H3,(H2,18,19,20). The van der Waals surface area contributed by atoms with Crippen molar-refractivity contribution in [2.24, 2.45) is 4.99 Å². The molecule has 0 spiro atoms. The molecule has 1 aromatic carbocycles. The van der Waals surface area contributed by atoms with Crippen LogP contribution in [-0.2, 0) is 4.74 Å². The summed E-state index contributed by atoms with van der Waals surface area (Å²) >= 11 is 0. The van der Waals surface area contributed by atoms with E-state index in [-0.39, 0.29) is 6.04 Å². The van der Waals surface area contributed by atoms with Crippen molar-refractivity contribution in [2.45, 2.75) is 19.9 Å². The fraction of sp³-hybridized carbons (Fsp3) is 0.588. The van der Waals surface area contributed by atoms with Crippen LogP contribution in [0.25, 0.3) is 0 Å². The number of nitrogens with one attached hydrogen (secondary N) is 2. The van der Waals surface area contributed by atoms with Crippen LogP contribution in [0.1, 0.15) is 24.1 Å². The first-order chi connectivity index (χ1) is 10.6. The number of likely N-dealkylation sites (N-methyl/N-ethyl adjacent to an activating group) is 1. The second-order valence-corrected chi connectivity index (χ2v) is 5.53. The summed E-state index contributed by atoms with van der Waals surface area (Å²) < 4.78 is 5.06. The number of hydrogen-bond acceptors (Lipinski definition) is 3. The van der Waals surface area contributed by atoms with E-state index in [1.54, 1.807) is 7.11 Å². The fourth-order valence-corrected chi connectivity index (χ4v) is 2.15. The van der Waals surface area contributed by atoms with Crippen LogP contribution < -0.4 is 10.6 Å². The van der Waals surface area contributed by atoms with Crippen LogP contribution in [0.5, 0.6) is 0 Å². The molecule has 0 aromatic heterocycles. The Bertz CT molecular complexity index is 442. The van der Waals surface area contributed by atoms with Crippen molar-refractivity contribution in [1.29, 1.82) is 0 Å². The maximum atomic E-state index is 5.06. The minimum Gasteiger partial charge on any atom is -0.383 e. The molecule has 124 valence electrons. The Morgan fingerprint density at radius 3 is 2.45 bits per heavy atom. The van der Waals surface area contributed by atoms with E-state index in [0.717, 1.165) is 19.0 Å². The lowest BCUT2D eigenvalue weighted by molar-refractivity contribution is 0.203. The Hall–Kier alpha value is -1.59. The van der Waals surface area contributed by atoms with Gasteiger partial charge in [-0.2, -0.15) is 0 Å². The molecule has 1 aromatic rings. The van der Waals surface area contributed by atoms with Crippen molar-refractivity contribution in [3.05, 3.63) is 35.4 Å². The zero-order valence-electron chi connectivity index (χ0n) is 14.5. The van der Waals surface area contributed by atoms with Crippen molar-refractivity contribution >= 4 is 5.96 Å². The number of nitrogens with zero attached hydrogens (tertiary/aromatic N) is 2. The number of aryl methyl sites for hydroxylation is 1. The summed E-state index contributed by atoms with van der Waals surface area (Å²) in [5.74, 6) is 0.832. The van der Waals surface area contributed by atoms with Gasteiger partial charge in [-0.15, -0.1) is 0 Å². The van der Waals surface area contributed by atoms with Gasteiger partial charge in [0.15, 0.2) is 5.96 Å². The maximum Gasteiger partial charge on any atom is 0.191 e. The highest BCUT2D eigenvalue weighted by Crippen LogP contribution is 2.19. The molecule has 22 heavy (non-hydrogen) atoms. The van der Waals surface area contributed by atoms with Crippen molar-refractivity contribution in [3.8, 4) is 0 Å².